The van der Waals surface area contributed by atoms with Gasteiger partial charge < -0.3 is 14.7 Å². The number of rotatable bonds is 6. The molecule has 1 saturated heterocycles. The number of ether oxygens (including phenoxy) is 1. The molecule has 2 aliphatic heterocycles. The molecular formula is C35H37NO5S. The van der Waals surface area contributed by atoms with Crippen molar-refractivity contribution in [2.75, 3.05) is 13.6 Å². The van der Waals surface area contributed by atoms with E-state index in [1.807, 2.05) is 12.1 Å². The van der Waals surface area contributed by atoms with Crippen LogP contribution in [0, 0.1) is 5.92 Å². The van der Waals surface area contributed by atoms with Crippen LogP contribution in [-0.4, -0.2) is 52.2 Å². The summed E-state index contributed by atoms with van der Waals surface area (Å²) >= 11 is -1.93. The maximum absolute atomic E-state index is 13.4. The molecule has 0 aromatic heterocycles. The normalized spacial score (nSPS) is 31.7. The van der Waals surface area contributed by atoms with Gasteiger partial charge in [-0.15, -0.1) is 0 Å². The molecule has 7 heteroatoms. The molecular weight excluding hydrogens is 546 g/mol. The molecule has 0 amide bonds. The van der Waals surface area contributed by atoms with Crippen LogP contribution < -0.4 is 4.74 Å². The molecule has 1 spiro atoms. The Balaban J connectivity index is 1.00. The van der Waals surface area contributed by atoms with Gasteiger partial charge in [-0.25, -0.2) is 0 Å². The number of likely N-dealkylation sites (tertiary alicyclic amines) is 1. The molecule has 0 radical (unpaired) electrons. The number of phenols is 1. The fourth-order valence-electron chi connectivity index (χ4n) is 8.97. The quantitative estimate of drug-likeness (QED) is 0.373. The average molecular weight is 584 g/mol. The van der Waals surface area contributed by atoms with Crippen LogP contribution in [0.15, 0.2) is 84.9 Å². The van der Waals surface area contributed by atoms with E-state index in [4.69, 9.17) is 13.1 Å². The lowest BCUT2D eigenvalue weighted by atomic mass is 9.53. The smallest absolute Gasteiger partial charge is 0.305 e. The highest BCUT2D eigenvalue weighted by molar-refractivity contribution is 7.75. The Labute approximate surface area is 250 Å². The van der Waals surface area contributed by atoms with Crippen molar-refractivity contribution in [3.8, 4) is 11.5 Å². The molecule has 2 fully saturated rings. The average Bonchev–Trinajstić information content (AvgIpc) is 3.38. The molecule has 2 bridgehead atoms. The summed E-state index contributed by atoms with van der Waals surface area (Å²) in [5, 5.41) is 10.8. The van der Waals surface area contributed by atoms with Crippen LogP contribution in [0.4, 0.5) is 0 Å². The number of likely N-dealkylation sites (N-methyl/N-ethyl adjacent to an activating group) is 1. The van der Waals surface area contributed by atoms with Crippen LogP contribution in [0.25, 0.3) is 0 Å². The van der Waals surface area contributed by atoms with E-state index >= 15 is 0 Å². The van der Waals surface area contributed by atoms with Gasteiger partial charge in [-0.1, -0.05) is 78.9 Å². The monoisotopic (exact) mass is 583 g/mol. The molecule has 8 rings (SSSR count). The number of phenolic OH excluding ortho intramolecular Hbond substituents is 1. The lowest BCUT2D eigenvalue weighted by Gasteiger charge is -2.56. The fourth-order valence-corrected chi connectivity index (χ4v) is 9.77. The summed E-state index contributed by atoms with van der Waals surface area (Å²) in [6.07, 6.45) is 8.49. The van der Waals surface area contributed by atoms with Crippen molar-refractivity contribution in [2.45, 2.75) is 73.7 Å². The Bertz CT molecular complexity index is 1490. The van der Waals surface area contributed by atoms with E-state index in [1.165, 1.54) is 16.7 Å². The predicted octanol–water partition coefficient (Wildman–Crippen LogP) is 5.75. The van der Waals surface area contributed by atoms with E-state index in [2.05, 4.69) is 78.7 Å². The van der Waals surface area contributed by atoms with Gasteiger partial charge in [0.1, 0.15) is 12.2 Å². The van der Waals surface area contributed by atoms with Gasteiger partial charge in [0.05, 0.1) is 6.10 Å². The van der Waals surface area contributed by atoms with Gasteiger partial charge in [0.2, 0.25) is 0 Å². The van der Waals surface area contributed by atoms with Crippen molar-refractivity contribution >= 4 is 11.4 Å². The highest BCUT2D eigenvalue weighted by Gasteiger charge is 2.65. The summed E-state index contributed by atoms with van der Waals surface area (Å²) in [7, 11) is 2.20. The van der Waals surface area contributed by atoms with Crippen molar-refractivity contribution in [1.82, 2.24) is 4.90 Å². The molecule has 5 aliphatic rings. The second kappa shape index (κ2) is 10.1. The number of piperidine rings is 1. The number of nitrogens with zero attached hydrogens (tertiary/aromatic N) is 1. The molecule has 6 nitrogen and oxygen atoms in total. The minimum absolute atomic E-state index is 0.0835. The molecule has 42 heavy (non-hydrogen) atoms. The number of aromatic hydroxyl groups is 1. The summed E-state index contributed by atoms with van der Waals surface area (Å²) in [4.78, 5) is 2.45. The summed E-state index contributed by atoms with van der Waals surface area (Å²) < 4.78 is 32.2. The van der Waals surface area contributed by atoms with Gasteiger partial charge in [-0.05, 0) is 74.9 Å². The van der Waals surface area contributed by atoms with E-state index in [1.54, 1.807) is 6.07 Å². The molecule has 218 valence electrons. The first-order valence-electron chi connectivity index (χ1n) is 15.3. The molecule has 6 atom stereocenters. The van der Waals surface area contributed by atoms with Crippen molar-refractivity contribution in [2.24, 2.45) is 5.92 Å². The van der Waals surface area contributed by atoms with Gasteiger partial charge >= 0.3 is 11.4 Å². The van der Waals surface area contributed by atoms with Crippen LogP contribution >= 0.6 is 0 Å². The number of hydrogen-bond donors (Lipinski definition) is 1. The van der Waals surface area contributed by atoms with E-state index in [9.17, 15) is 9.32 Å². The number of benzene rings is 3. The van der Waals surface area contributed by atoms with Crippen molar-refractivity contribution in [3.05, 3.63) is 107 Å². The molecule has 3 aliphatic carbocycles. The van der Waals surface area contributed by atoms with Crippen LogP contribution in [0.2, 0.25) is 0 Å². The Kier molecular flexibility index (Phi) is 6.38. The lowest BCUT2D eigenvalue weighted by molar-refractivity contribution is -0.0392. The first-order valence-corrected chi connectivity index (χ1v) is 16.3. The number of hydrogen-bond acceptors (Lipinski definition) is 6. The van der Waals surface area contributed by atoms with Gasteiger partial charge in [-0.2, -0.15) is 4.21 Å². The van der Waals surface area contributed by atoms with Crippen molar-refractivity contribution in [1.29, 1.82) is 0 Å². The van der Waals surface area contributed by atoms with Gasteiger partial charge in [0.15, 0.2) is 11.5 Å². The first kappa shape index (κ1) is 26.6. The van der Waals surface area contributed by atoms with Crippen molar-refractivity contribution in [3.63, 3.8) is 0 Å². The molecule has 3 aromatic carbocycles. The van der Waals surface area contributed by atoms with Crippen LogP contribution in [0.1, 0.15) is 54.4 Å². The Morgan fingerprint density at radius 3 is 2.29 bits per heavy atom. The Hall–Kier alpha value is -2.97. The summed E-state index contributed by atoms with van der Waals surface area (Å²) in [6.45, 7) is 0.947. The third-order valence-electron chi connectivity index (χ3n) is 11.0. The maximum Gasteiger partial charge on any atom is 0.305 e. The summed E-state index contributed by atoms with van der Waals surface area (Å²) in [6, 6.07) is 25.6. The third-order valence-corrected chi connectivity index (χ3v) is 11.8. The SMILES string of the molecule is CN1CCC23c4c5ccc(O)c4OC2C(OS(=O)OC2CCC(c4ccccc4)(c4ccccc4)CC2)C=CC3C1C5. The molecule has 2 heterocycles. The first-order chi connectivity index (χ1) is 20.5. The predicted molar refractivity (Wildman–Crippen MR) is 162 cm³/mol. The molecule has 1 saturated carbocycles. The lowest BCUT2D eigenvalue weighted by Crippen LogP contribution is -2.65. The van der Waals surface area contributed by atoms with E-state index in [-0.39, 0.29) is 34.7 Å². The second-order valence-electron chi connectivity index (χ2n) is 12.8. The zero-order valence-electron chi connectivity index (χ0n) is 23.9. The molecule has 1 N–H and O–H groups in total. The summed E-state index contributed by atoms with van der Waals surface area (Å²) in [5.74, 6) is 1.01. The van der Waals surface area contributed by atoms with E-state index in [0.29, 0.717) is 11.8 Å². The zero-order chi connectivity index (χ0) is 28.5. The van der Waals surface area contributed by atoms with Gasteiger partial charge in [-0.3, -0.25) is 8.37 Å². The second-order valence-corrected chi connectivity index (χ2v) is 13.6. The van der Waals surface area contributed by atoms with E-state index in [0.717, 1.165) is 50.6 Å². The van der Waals surface area contributed by atoms with Crippen LogP contribution in [0.3, 0.4) is 0 Å². The zero-order valence-corrected chi connectivity index (χ0v) is 24.7. The van der Waals surface area contributed by atoms with Gasteiger partial charge in [0, 0.05) is 28.4 Å². The Morgan fingerprint density at radius 2 is 1.60 bits per heavy atom. The highest BCUT2D eigenvalue weighted by atomic mass is 32.2. The van der Waals surface area contributed by atoms with Crippen LogP contribution in [0.5, 0.6) is 11.5 Å². The summed E-state index contributed by atoms with van der Waals surface area (Å²) in [5.41, 5.74) is 4.64. The minimum atomic E-state index is -1.93. The standard InChI is InChI=1S/C35H37NO5S/c1-36-21-20-35-27-13-15-30(33(35)39-32-29(37)14-12-23(31(32)35)22-28(27)36)41-42(38)40-26-16-18-34(19-17-26,24-8-4-2-5-9-24)25-10-6-3-7-11-25/h2-15,26-28,30,33,37H,16-22H2,1H3. The Morgan fingerprint density at radius 1 is 0.905 bits per heavy atom. The molecule has 3 aromatic rings. The molecule has 6 unspecified atom stereocenters. The third kappa shape index (κ3) is 3.90. The highest BCUT2D eigenvalue weighted by Crippen LogP contribution is 2.62. The minimum Gasteiger partial charge on any atom is -0.504 e. The van der Waals surface area contributed by atoms with Gasteiger partial charge in [0.25, 0.3) is 0 Å². The van der Waals surface area contributed by atoms with Crippen LogP contribution in [-0.2, 0) is 37.0 Å². The maximum atomic E-state index is 13.4. The topological polar surface area (TPSA) is 68.2 Å². The van der Waals surface area contributed by atoms with E-state index < -0.39 is 17.5 Å². The largest absolute Gasteiger partial charge is 0.504 e. The fraction of sp³-hybridized carbons (Fsp3) is 0.429. The van der Waals surface area contributed by atoms with Crippen molar-refractivity contribution < 1.29 is 22.4 Å².